The van der Waals surface area contributed by atoms with E-state index in [1.54, 1.807) is 6.07 Å². The molecule has 0 fully saturated rings. The molecule has 0 aromatic carbocycles. The summed E-state index contributed by atoms with van der Waals surface area (Å²) < 4.78 is 0. The van der Waals surface area contributed by atoms with Gasteiger partial charge in [0.1, 0.15) is 4.88 Å². The van der Waals surface area contributed by atoms with E-state index in [0.717, 1.165) is 19.4 Å². The molecule has 0 aliphatic carbocycles. The molecule has 1 aromatic rings. The Morgan fingerprint density at radius 3 is 3.00 bits per heavy atom. The fraction of sp³-hybridized carbons (Fsp3) is 0.444. The van der Waals surface area contributed by atoms with Crippen LogP contribution in [0.2, 0.25) is 5.02 Å². The van der Waals surface area contributed by atoms with Gasteiger partial charge in [0, 0.05) is 6.54 Å². The van der Waals surface area contributed by atoms with Gasteiger partial charge in [0.05, 0.1) is 5.02 Å². The first-order valence-electron chi connectivity index (χ1n) is 4.27. The van der Waals surface area contributed by atoms with E-state index in [2.05, 4.69) is 12.2 Å². The molecule has 0 spiro atoms. The lowest BCUT2D eigenvalue weighted by molar-refractivity contribution is 0.0957. The Hall–Kier alpha value is -0.540. The van der Waals surface area contributed by atoms with E-state index >= 15 is 0 Å². The van der Waals surface area contributed by atoms with Gasteiger partial charge < -0.3 is 5.32 Å². The van der Waals surface area contributed by atoms with Crippen LogP contribution in [0.1, 0.15) is 29.4 Å². The second kappa shape index (κ2) is 5.25. The smallest absolute Gasteiger partial charge is 0.262 e. The molecule has 1 rings (SSSR count). The molecule has 2 nitrogen and oxygen atoms in total. The van der Waals surface area contributed by atoms with Gasteiger partial charge in [0.25, 0.3) is 5.91 Å². The Bertz CT molecular complexity index is 285. The number of unbranched alkanes of at least 4 members (excludes halogenated alkanes) is 1. The van der Waals surface area contributed by atoms with Crippen LogP contribution in [-0.2, 0) is 0 Å². The van der Waals surface area contributed by atoms with Crippen LogP contribution in [0.15, 0.2) is 11.4 Å². The molecule has 1 heterocycles. The molecule has 1 aromatic heterocycles. The van der Waals surface area contributed by atoms with Gasteiger partial charge in [-0.1, -0.05) is 24.9 Å². The number of hydrogen-bond donors (Lipinski definition) is 1. The Labute approximate surface area is 86.9 Å². The number of nitrogens with one attached hydrogen (secondary N) is 1. The molecule has 0 atom stereocenters. The molecule has 72 valence electrons. The zero-order valence-electron chi connectivity index (χ0n) is 7.47. The molecule has 0 saturated heterocycles. The van der Waals surface area contributed by atoms with E-state index in [1.807, 2.05) is 5.38 Å². The molecule has 13 heavy (non-hydrogen) atoms. The standard InChI is InChI=1S/C9H12ClNOS/c1-2-3-5-11-9(12)8-7(10)4-6-13-8/h4,6H,2-3,5H2,1H3,(H,11,12). The summed E-state index contributed by atoms with van der Waals surface area (Å²) in [5, 5.41) is 5.17. The summed E-state index contributed by atoms with van der Waals surface area (Å²) in [7, 11) is 0. The Kier molecular flexibility index (Phi) is 4.25. The number of thiophene rings is 1. The van der Waals surface area contributed by atoms with Gasteiger partial charge in [0.2, 0.25) is 0 Å². The van der Waals surface area contributed by atoms with Crippen LogP contribution in [0.25, 0.3) is 0 Å². The summed E-state index contributed by atoms with van der Waals surface area (Å²) >= 11 is 7.17. The maximum absolute atomic E-state index is 11.4. The molecular formula is C9H12ClNOS. The average Bonchev–Trinajstić information content (AvgIpc) is 2.52. The zero-order chi connectivity index (χ0) is 9.68. The third-order valence-corrected chi connectivity index (χ3v) is 2.98. The molecular weight excluding hydrogens is 206 g/mol. The number of halogens is 1. The van der Waals surface area contributed by atoms with E-state index in [9.17, 15) is 4.79 Å². The highest BCUT2D eigenvalue weighted by molar-refractivity contribution is 7.12. The largest absolute Gasteiger partial charge is 0.351 e. The van der Waals surface area contributed by atoms with E-state index in [-0.39, 0.29) is 5.91 Å². The van der Waals surface area contributed by atoms with E-state index < -0.39 is 0 Å². The number of carbonyl (C=O) groups excluding carboxylic acids is 1. The van der Waals surface area contributed by atoms with Crippen molar-refractivity contribution in [3.05, 3.63) is 21.3 Å². The Balaban J connectivity index is 2.45. The number of hydrogen-bond acceptors (Lipinski definition) is 2. The number of carbonyl (C=O) groups is 1. The monoisotopic (exact) mass is 217 g/mol. The molecule has 4 heteroatoms. The Morgan fingerprint density at radius 1 is 1.69 bits per heavy atom. The van der Waals surface area contributed by atoms with Crippen molar-refractivity contribution >= 4 is 28.8 Å². The van der Waals surface area contributed by atoms with Crippen molar-refractivity contribution in [1.29, 1.82) is 0 Å². The van der Waals surface area contributed by atoms with Crippen molar-refractivity contribution in [3.8, 4) is 0 Å². The van der Waals surface area contributed by atoms with Gasteiger partial charge in [-0.2, -0.15) is 0 Å². The number of amides is 1. The SMILES string of the molecule is CCCCNC(=O)c1sccc1Cl. The first-order valence-corrected chi connectivity index (χ1v) is 5.52. The van der Waals surface area contributed by atoms with Crippen LogP contribution in [0.3, 0.4) is 0 Å². The summed E-state index contributed by atoms with van der Waals surface area (Å²) in [5.41, 5.74) is 0. The second-order valence-corrected chi connectivity index (χ2v) is 4.03. The van der Waals surface area contributed by atoms with E-state index in [1.165, 1.54) is 11.3 Å². The summed E-state index contributed by atoms with van der Waals surface area (Å²) in [6, 6.07) is 1.74. The first kappa shape index (κ1) is 10.5. The fourth-order valence-electron chi connectivity index (χ4n) is 0.915. The highest BCUT2D eigenvalue weighted by Crippen LogP contribution is 2.21. The van der Waals surface area contributed by atoms with Gasteiger partial charge in [-0.05, 0) is 17.9 Å². The zero-order valence-corrected chi connectivity index (χ0v) is 9.04. The topological polar surface area (TPSA) is 29.1 Å². The molecule has 1 amide bonds. The maximum atomic E-state index is 11.4. The summed E-state index contributed by atoms with van der Waals surface area (Å²) in [4.78, 5) is 12.0. The van der Waals surface area contributed by atoms with Crippen LogP contribution in [0.4, 0.5) is 0 Å². The number of rotatable bonds is 4. The lowest BCUT2D eigenvalue weighted by atomic mass is 10.3. The summed E-state index contributed by atoms with van der Waals surface area (Å²) in [5.74, 6) is -0.0616. The Morgan fingerprint density at radius 2 is 2.46 bits per heavy atom. The van der Waals surface area contributed by atoms with Crippen molar-refractivity contribution < 1.29 is 4.79 Å². The maximum Gasteiger partial charge on any atom is 0.262 e. The van der Waals surface area contributed by atoms with Gasteiger partial charge >= 0.3 is 0 Å². The van der Waals surface area contributed by atoms with Crippen molar-refractivity contribution in [3.63, 3.8) is 0 Å². The highest BCUT2D eigenvalue weighted by atomic mass is 35.5. The molecule has 0 aliphatic rings. The van der Waals surface area contributed by atoms with Crippen LogP contribution in [-0.4, -0.2) is 12.5 Å². The van der Waals surface area contributed by atoms with Crippen LogP contribution in [0.5, 0.6) is 0 Å². The van der Waals surface area contributed by atoms with Crippen LogP contribution < -0.4 is 5.32 Å². The third kappa shape index (κ3) is 3.01. The minimum atomic E-state index is -0.0616. The molecule has 0 saturated carbocycles. The third-order valence-electron chi connectivity index (χ3n) is 1.64. The fourth-order valence-corrected chi connectivity index (χ4v) is 1.97. The van der Waals surface area contributed by atoms with Gasteiger partial charge in [-0.25, -0.2) is 0 Å². The molecule has 0 aliphatic heterocycles. The van der Waals surface area contributed by atoms with Crippen molar-refractivity contribution in [2.75, 3.05) is 6.54 Å². The normalized spacial score (nSPS) is 10.0. The highest BCUT2D eigenvalue weighted by Gasteiger charge is 2.10. The van der Waals surface area contributed by atoms with Gasteiger partial charge in [-0.15, -0.1) is 11.3 Å². The lowest BCUT2D eigenvalue weighted by Gasteiger charge is -2.01. The van der Waals surface area contributed by atoms with Crippen LogP contribution in [0, 0.1) is 0 Å². The molecule has 0 bridgehead atoms. The van der Waals surface area contributed by atoms with E-state index in [4.69, 9.17) is 11.6 Å². The predicted molar refractivity (Wildman–Crippen MR) is 56.6 cm³/mol. The van der Waals surface area contributed by atoms with E-state index in [0.29, 0.717) is 9.90 Å². The minimum absolute atomic E-state index is 0.0616. The van der Waals surface area contributed by atoms with Crippen molar-refractivity contribution in [2.24, 2.45) is 0 Å². The molecule has 1 N–H and O–H groups in total. The predicted octanol–water partition coefficient (Wildman–Crippen LogP) is 2.93. The van der Waals surface area contributed by atoms with Crippen molar-refractivity contribution in [2.45, 2.75) is 19.8 Å². The van der Waals surface area contributed by atoms with Gasteiger partial charge in [0.15, 0.2) is 0 Å². The average molecular weight is 218 g/mol. The second-order valence-electron chi connectivity index (χ2n) is 2.71. The summed E-state index contributed by atoms with van der Waals surface area (Å²) in [6.45, 7) is 2.81. The lowest BCUT2D eigenvalue weighted by Crippen LogP contribution is -2.23. The molecule has 0 radical (unpaired) electrons. The molecule has 0 unspecified atom stereocenters. The summed E-state index contributed by atoms with van der Waals surface area (Å²) in [6.07, 6.45) is 2.09. The van der Waals surface area contributed by atoms with Gasteiger partial charge in [-0.3, -0.25) is 4.79 Å². The van der Waals surface area contributed by atoms with Crippen molar-refractivity contribution in [1.82, 2.24) is 5.32 Å². The first-order chi connectivity index (χ1) is 6.25. The minimum Gasteiger partial charge on any atom is -0.351 e. The van der Waals surface area contributed by atoms with Crippen LogP contribution >= 0.6 is 22.9 Å². The quantitative estimate of drug-likeness (QED) is 0.772.